The standard InChI is InChI=1S/C17H24N4O7S/c1-9(2)8-26-13(24)17(6-7-17)28-20-10(12(22)23)11-18-14(29-21-11)19-15(25)27-16(3,4)5/h9H,6-8H2,1-5H3,(H,22,23)(H,18,19,21,25)/b20-10-. The molecule has 1 fully saturated rings. The second-order valence-corrected chi connectivity index (χ2v) is 8.62. The lowest BCUT2D eigenvalue weighted by Crippen LogP contribution is -2.29. The van der Waals surface area contributed by atoms with Crippen molar-refractivity contribution in [3.8, 4) is 0 Å². The van der Waals surface area contributed by atoms with Crippen molar-refractivity contribution in [3.05, 3.63) is 5.82 Å². The van der Waals surface area contributed by atoms with Gasteiger partial charge in [-0.25, -0.2) is 14.4 Å². The van der Waals surface area contributed by atoms with Gasteiger partial charge in [-0.3, -0.25) is 5.32 Å². The molecule has 29 heavy (non-hydrogen) atoms. The molecule has 1 amide bonds. The predicted molar refractivity (Wildman–Crippen MR) is 103 cm³/mol. The summed E-state index contributed by atoms with van der Waals surface area (Å²) in [5.41, 5.74) is -2.58. The van der Waals surface area contributed by atoms with Crippen molar-refractivity contribution in [3.63, 3.8) is 0 Å². The van der Waals surface area contributed by atoms with Gasteiger partial charge in [0.15, 0.2) is 0 Å². The molecule has 1 aromatic heterocycles. The fraction of sp³-hybridized carbons (Fsp3) is 0.647. The summed E-state index contributed by atoms with van der Waals surface area (Å²) in [4.78, 5) is 44.6. The van der Waals surface area contributed by atoms with Crippen molar-refractivity contribution in [1.29, 1.82) is 0 Å². The molecule has 0 atom stereocenters. The maximum Gasteiger partial charge on any atom is 0.414 e. The summed E-state index contributed by atoms with van der Waals surface area (Å²) in [5.74, 6) is -2.14. The van der Waals surface area contributed by atoms with Crippen LogP contribution in [0.1, 0.15) is 53.3 Å². The minimum Gasteiger partial charge on any atom is -0.476 e. The van der Waals surface area contributed by atoms with Crippen molar-refractivity contribution in [2.24, 2.45) is 11.1 Å². The average Bonchev–Trinajstić information content (AvgIpc) is 3.23. The topological polar surface area (TPSA) is 149 Å². The van der Waals surface area contributed by atoms with Crippen LogP contribution in [0.25, 0.3) is 0 Å². The molecule has 0 radical (unpaired) electrons. The van der Waals surface area contributed by atoms with Gasteiger partial charge < -0.3 is 19.4 Å². The van der Waals surface area contributed by atoms with Gasteiger partial charge in [0.25, 0.3) is 0 Å². The molecular formula is C17H24N4O7S. The lowest BCUT2D eigenvalue weighted by atomic mass is 10.2. The van der Waals surface area contributed by atoms with Gasteiger partial charge in [-0.05, 0) is 26.7 Å². The second kappa shape index (κ2) is 8.72. The van der Waals surface area contributed by atoms with E-state index in [2.05, 4.69) is 19.8 Å². The van der Waals surface area contributed by atoms with E-state index in [1.807, 2.05) is 13.8 Å². The molecule has 0 aromatic carbocycles. The van der Waals surface area contributed by atoms with Gasteiger partial charge in [0.05, 0.1) is 6.61 Å². The highest BCUT2D eigenvalue weighted by atomic mass is 32.1. The van der Waals surface area contributed by atoms with Crippen LogP contribution in [0.2, 0.25) is 0 Å². The molecule has 0 spiro atoms. The maximum absolute atomic E-state index is 12.1. The average molecular weight is 428 g/mol. The quantitative estimate of drug-likeness (QED) is 0.361. The Morgan fingerprint density at radius 3 is 2.48 bits per heavy atom. The third kappa shape index (κ3) is 6.66. The van der Waals surface area contributed by atoms with Crippen molar-refractivity contribution < 1.29 is 33.8 Å². The number of hydrogen-bond acceptors (Lipinski definition) is 10. The maximum atomic E-state index is 12.1. The molecular weight excluding hydrogens is 404 g/mol. The number of nitrogens with one attached hydrogen (secondary N) is 1. The van der Waals surface area contributed by atoms with E-state index >= 15 is 0 Å². The number of nitrogens with zero attached hydrogens (tertiary/aromatic N) is 3. The zero-order valence-electron chi connectivity index (χ0n) is 16.8. The Bertz CT molecular complexity index is 809. The summed E-state index contributed by atoms with van der Waals surface area (Å²) in [6, 6.07) is 0. The molecule has 160 valence electrons. The monoisotopic (exact) mass is 428 g/mol. The number of rotatable bonds is 8. The number of carboxylic acids is 1. The Labute approximate surface area is 171 Å². The summed E-state index contributed by atoms with van der Waals surface area (Å²) >= 11 is 0.752. The smallest absolute Gasteiger partial charge is 0.414 e. The molecule has 0 saturated heterocycles. The first-order valence-electron chi connectivity index (χ1n) is 8.92. The molecule has 2 N–H and O–H groups in total. The first kappa shape index (κ1) is 22.5. The molecule has 0 bridgehead atoms. The molecule has 2 rings (SSSR count). The van der Waals surface area contributed by atoms with Gasteiger partial charge in [-0.1, -0.05) is 19.0 Å². The van der Waals surface area contributed by atoms with Gasteiger partial charge in [0.1, 0.15) is 5.60 Å². The van der Waals surface area contributed by atoms with Crippen molar-refractivity contribution in [2.45, 2.75) is 58.7 Å². The van der Waals surface area contributed by atoms with Crippen LogP contribution in [-0.4, -0.2) is 56.0 Å². The number of anilines is 1. The van der Waals surface area contributed by atoms with Gasteiger partial charge >= 0.3 is 18.0 Å². The van der Waals surface area contributed by atoms with Crippen LogP contribution in [0.4, 0.5) is 9.93 Å². The minimum atomic E-state index is -1.45. The summed E-state index contributed by atoms with van der Waals surface area (Å²) in [7, 11) is 0. The predicted octanol–water partition coefficient (Wildman–Crippen LogP) is 2.42. The Kier molecular flexibility index (Phi) is 6.77. The van der Waals surface area contributed by atoms with Crippen LogP contribution in [0.15, 0.2) is 5.16 Å². The van der Waals surface area contributed by atoms with E-state index in [0.717, 1.165) is 11.5 Å². The molecule has 1 heterocycles. The highest BCUT2D eigenvalue weighted by Crippen LogP contribution is 2.41. The highest BCUT2D eigenvalue weighted by Gasteiger charge is 2.56. The number of ether oxygens (including phenoxy) is 2. The van der Waals surface area contributed by atoms with E-state index in [1.54, 1.807) is 20.8 Å². The van der Waals surface area contributed by atoms with Crippen LogP contribution in [0.5, 0.6) is 0 Å². The van der Waals surface area contributed by atoms with Crippen molar-refractivity contribution in [1.82, 2.24) is 9.36 Å². The number of aromatic nitrogens is 2. The second-order valence-electron chi connectivity index (χ2n) is 7.87. The van der Waals surface area contributed by atoms with Crippen molar-refractivity contribution >= 4 is 40.4 Å². The van der Waals surface area contributed by atoms with Crippen LogP contribution >= 0.6 is 11.5 Å². The van der Waals surface area contributed by atoms with E-state index in [9.17, 15) is 19.5 Å². The summed E-state index contributed by atoms with van der Waals surface area (Å²) in [5, 5.41) is 15.4. The molecule has 1 aliphatic carbocycles. The van der Waals surface area contributed by atoms with Crippen LogP contribution in [-0.2, 0) is 23.9 Å². The van der Waals surface area contributed by atoms with E-state index < -0.39 is 34.9 Å². The molecule has 1 saturated carbocycles. The molecule has 0 unspecified atom stereocenters. The number of carboxylic acid groups (broad SMARTS) is 1. The fourth-order valence-electron chi connectivity index (χ4n) is 1.89. The normalized spacial score (nSPS) is 15.6. The largest absolute Gasteiger partial charge is 0.476 e. The number of hydrogen-bond donors (Lipinski definition) is 2. The number of carbonyl (C=O) groups is 3. The molecule has 1 aromatic rings. The molecule has 0 aliphatic heterocycles. The van der Waals surface area contributed by atoms with Crippen LogP contribution in [0, 0.1) is 5.92 Å². The van der Waals surface area contributed by atoms with Gasteiger partial charge in [0, 0.05) is 24.4 Å². The van der Waals surface area contributed by atoms with Crippen LogP contribution in [0.3, 0.4) is 0 Å². The summed E-state index contributed by atoms with van der Waals surface area (Å²) in [6.07, 6.45) is -0.0119. The lowest BCUT2D eigenvalue weighted by molar-refractivity contribution is -0.161. The fourth-order valence-corrected chi connectivity index (χ4v) is 2.45. The first-order chi connectivity index (χ1) is 13.4. The van der Waals surface area contributed by atoms with E-state index in [4.69, 9.17) is 14.3 Å². The summed E-state index contributed by atoms with van der Waals surface area (Å²) < 4.78 is 14.1. The van der Waals surface area contributed by atoms with Gasteiger partial charge in [0.2, 0.25) is 22.3 Å². The Morgan fingerprint density at radius 1 is 1.31 bits per heavy atom. The number of aliphatic carboxylic acids is 1. The Balaban J connectivity index is 2.07. The van der Waals surface area contributed by atoms with Gasteiger partial charge in [-0.2, -0.15) is 9.36 Å². The summed E-state index contributed by atoms with van der Waals surface area (Å²) in [6.45, 7) is 9.11. The number of carbonyl (C=O) groups excluding carboxylic acids is 2. The van der Waals surface area contributed by atoms with E-state index in [-0.39, 0.29) is 23.5 Å². The van der Waals surface area contributed by atoms with Crippen LogP contribution < -0.4 is 5.32 Å². The van der Waals surface area contributed by atoms with E-state index in [1.165, 1.54) is 0 Å². The zero-order chi connectivity index (χ0) is 21.8. The molecule has 11 nitrogen and oxygen atoms in total. The number of oxime groups is 1. The van der Waals surface area contributed by atoms with E-state index in [0.29, 0.717) is 12.8 Å². The highest BCUT2D eigenvalue weighted by molar-refractivity contribution is 7.10. The SMILES string of the molecule is CC(C)COC(=O)C1(O/N=C(\C(=O)O)c2nsc(NC(=O)OC(C)(C)C)n2)CC1. The third-order valence-electron chi connectivity index (χ3n) is 3.38. The zero-order valence-corrected chi connectivity index (χ0v) is 17.7. The number of amides is 1. The minimum absolute atomic E-state index is 0.0284. The lowest BCUT2D eigenvalue weighted by Gasteiger charge is -2.18. The molecule has 1 aliphatic rings. The first-order valence-corrected chi connectivity index (χ1v) is 9.70. The molecule has 12 heteroatoms. The number of esters is 1. The third-order valence-corrected chi connectivity index (χ3v) is 4.01. The van der Waals surface area contributed by atoms with Gasteiger partial charge in [-0.15, -0.1) is 0 Å². The Morgan fingerprint density at radius 2 is 1.97 bits per heavy atom. The Hall–Kier alpha value is -2.76. The van der Waals surface area contributed by atoms with Crippen molar-refractivity contribution in [2.75, 3.05) is 11.9 Å².